The van der Waals surface area contributed by atoms with Crippen LogP contribution in [0, 0.1) is 0 Å². The molecule has 0 saturated carbocycles. The summed E-state index contributed by atoms with van der Waals surface area (Å²) in [5.74, 6) is -8.47. The van der Waals surface area contributed by atoms with Crippen molar-refractivity contribution in [1.29, 1.82) is 0 Å². The van der Waals surface area contributed by atoms with Crippen LogP contribution >= 0.6 is 0 Å². The van der Waals surface area contributed by atoms with Gasteiger partial charge < -0.3 is 61.5 Å². The van der Waals surface area contributed by atoms with Gasteiger partial charge in [0.1, 0.15) is 0 Å². The molecule has 3 aliphatic heterocycles. The monoisotopic (exact) mass is 1520 g/mol. The summed E-state index contributed by atoms with van der Waals surface area (Å²) in [6.07, 6.45) is 8.93. The fourth-order valence-corrected chi connectivity index (χ4v) is 13.2. The summed E-state index contributed by atoms with van der Waals surface area (Å²) in [7, 11) is 0. The summed E-state index contributed by atoms with van der Waals surface area (Å²) in [5, 5.41) is 23.7. The lowest BCUT2D eigenvalue weighted by Gasteiger charge is -2.17. The number of unbranched alkanes of at least 4 members (excludes halogenated alkanes) is 8. The second-order valence-corrected chi connectivity index (χ2v) is 28.2. The summed E-state index contributed by atoms with van der Waals surface area (Å²) < 4.78 is 22.7. The number of carbonyl (C=O) groups excluding carboxylic acids is 12. The van der Waals surface area contributed by atoms with Gasteiger partial charge >= 0.3 is 23.9 Å². The van der Waals surface area contributed by atoms with Gasteiger partial charge in [-0.2, -0.15) is 0 Å². The zero-order chi connectivity index (χ0) is 79.2. The zero-order valence-corrected chi connectivity index (χ0v) is 63.4. The average molecular weight is 1520 g/mol. The molecule has 24 nitrogen and oxygen atoms in total. The summed E-state index contributed by atoms with van der Waals surface area (Å²) >= 11 is 0. The molecule has 3 heterocycles. The van der Waals surface area contributed by atoms with E-state index in [1.807, 2.05) is 27.7 Å². The number of esters is 4. The number of hydrogen-bond acceptors (Lipinski definition) is 16. The van der Waals surface area contributed by atoms with E-state index < -0.39 is 71.1 Å². The molecule has 0 saturated heterocycles. The van der Waals surface area contributed by atoms with E-state index in [0.717, 1.165) is 51.4 Å². The van der Waals surface area contributed by atoms with Crippen LogP contribution < -0.4 is 42.5 Å². The fourth-order valence-electron chi connectivity index (χ4n) is 13.2. The van der Waals surface area contributed by atoms with Crippen molar-refractivity contribution in [3.8, 4) is 22.3 Å². The Labute approximate surface area is 649 Å². The van der Waals surface area contributed by atoms with Gasteiger partial charge in [0.2, 0.25) is 0 Å². The third-order valence-corrected chi connectivity index (χ3v) is 19.2. The molecule has 0 unspecified atom stereocenters. The van der Waals surface area contributed by atoms with Crippen LogP contribution in [0.5, 0.6) is 0 Å². The van der Waals surface area contributed by atoms with Crippen LogP contribution in [0.3, 0.4) is 0 Å². The molecular formula is C88H92N8O16. The smallest absolute Gasteiger partial charge is 0.338 e. The van der Waals surface area contributed by atoms with Crippen molar-refractivity contribution in [2.45, 2.75) is 157 Å². The Morgan fingerprint density at radius 3 is 0.509 bits per heavy atom. The lowest BCUT2D eigenvalue weighted by molar-refractivity contribution is 0.0488. The van der Waals surface area contributed by atoms with E-state index in [4.69, 9.17) is 18.9 Å². The predicted octanol–water partition coefficient (Wildman–Crippen LogP) is 12.8. The maximum absolute atomic E-state index is 14.8. The highest BCUT2D eigenvalue weighted by Crippen LogP contribution is 2.30. The molecule has 24 heteroatoms. The number of rotatable bonds is 20. The van der Waals surface area contributed by atoms with Crippen molar-refractivity contribution in [2.75, 3.05) is 26.4 Å². The van der Waals surface area contributed by atoms with Gasteiger partial charge in [-0.25, -0.2) is 19.2 Å². The molecule has 0 spiro atoms. The van der Waals surface area contributed by atoms with Gasteiger partial charge in [-0.15, -0.1) is 0 Å². The van der Waals surface area contributed by atoms with Crippen molar-refractivity contribution < 1.29 is 76.5 Å². The van der Waals surface area contributed by atoms with Gasteiger partial charge in [0.25, 0.3) is 47.3 Å². The van der Waals surface area contributed by atoms with Crippen LogP contribution in [-0.4, -0.2) is 97.6 Å². The maximum Gasteiger partial charge on any atom is 0.338 e. The van der Waals surface area contributed by atoms with Crippen LogP contribution in [0.2, 0.25) is 0 Å². The zero-order valence-electron chi connectivity index (χ0n) is 63.4. The molecule has 8 aromatic carbocycles. The molecule has 20 bridgehead atoms. The molecule has 0 aliphatic carbocycles. The van der Waals surface area contributed by atoms with Crippen LogP contribution in [0.1, 0.15) is 274 Å². The minimum absolute atomic E-state index is 0.0582. The fraction of sp³-hybridized carbons (Fsp3) is 0.318. The summed E-state index contributed by atoms with van der Waals surface area (Å²) in [4.78, 5) is 174. The van der Waals surface area contributed by atoms with Crippen molar-refractivity contribution in [2.24, 2.45) is 0 Å². The van der Waals surface area contributed by atoms with Gasteiger partial charge in [-0.05, 0) is 214 Å². The van der Waals surface area contributed by atoms with Gasteiger partial charge in [0.15, 0.2) is 0 Å². The molecule has 580 valence electrons. The van der Waals surface area contributed by atoms with Gasteiger partial charge in [0.05, 0.1) is 48.7 Å². The molecule has 11 rings (SSSR count). The Morgan fingerprint density at radius 2 is 0.366 bits per heavy atom. The highest BCUT2D eigenvalue weighted by Gasteiger charge is 2.26. The van der Waals surface area contributed by atoms with Gasteiger partial charge in [-0.1, -0.05) is 103 Å². The third-order valence-electron chi connectivity index (χ3n) is 19.2. The summed E-state index contributed by atoms with van der Waals surface area (Å²) in [6.45, 7) is 6.84. The third kappa shape index (κ3) is 21.9. The molecule has 112 heavy (non-hydrogen) atoms. The largest absolute Gasteiger partial charge is 0.462 e. The Bertz CT molecular complexity index is 4130. The topological polar surface area (TPSA) is 338 Å². The number of ether oxygens (including phenoxy) is 4. The van der Waals surface area contributed by atoms with E-state index in [9.17, 15) is 57.5 Å². The second kappa shape index (κ2) is 38.7. The normalized spacial score (nSPS) is 14.0. The van der Waals surface area contributed by atoms with Crippen LogP contribution in [0.4, 0.5) is 0 Å². The Morgan fingerprint density at radius 1 is 0.214 bits per heavy atom. The quantitative estimate of drug-likeness (QED) is 0.0200. The Balaban J connectivity index is 1.14. The van der Waals surface area contributed by atoms with E-state index in [2.05, 4.69) is 42.5 Å². The van der Waals surface area contributed by atoms with Gasteiger partial charge in [-0.3, -0.25) is 38.4 Å². The van der Waals surface area contributed by atoms with E-state index in [1.54, 1.807) is 72.8 Å². The summed E-state index contributed by atoms with van der Waals surface area (Å²) in [6, 6.07) is 37.3. The number of carbonyl (C=O) groups is 12. The van der Waals surface area contributed by atoms with Crippen LogP contribution in [-0.2, 0) is 71.3 Å². The molecule has 8 aromatic rings. The number of amides is 8. The van der Waals surface area contributed by atoms with E-state index in [1.165, 1.54) is 72.8 Å². The first-order valence-electron chi connectivity index (χ1n) is 38.3. The lowest BCUT2D eigenvalue weighted by Crippen LogP contribution is -2.28. The minimum atomic E-state index is -0.761. The van der Waals surface area contributed by atoms with Crippen LogP contribution in [0.25, 0.3) is 22.3 Å². The van der Waals surface area contributed by atoms with Crippen molar-refractivity contribution in [3.63, 3.8) is 0 Å². The Kier molecular flexibility index (Phi) is 27.8. The second-order valence-electron chi connectivity index (χ2n) is 28.2. The lowest BCUT2D eigenvalue weighted by atomic mass is 9.95. The molecule has 8 amide bonds. The molecular weight excluding hydrogens is 1430 g/mol. The standard InChI is InChI=1S/C88H92N8O16/c1-5-9-13-17-109-85(105)73-37-65-33-66(38-73)78(98)90-46-54-22-56-28-62(26-54)64-30-58-24-60(32-64)52-96-84(104)72-36-71(43-76(44-72)88(108)112-20-16-12-8-4)83(103)95-51-59-23-57(49-93-81(101)69-35-70(82(102)94-50-58)42-75(41-69)87(107)111-19-15-11-7-3)29-63(31-59)61-25-53(45-89-77(65)97)21-55(27-61)47-91-79(99)67-34-68(80(100)92-48-56)40-74(39-67)86(106)110-18-14-10-6-2/h21-44H,5-20,45-52H2,1-4H3,(H,89,97)(H,90,98)(H,91,99)(H,92,100)(H,93,101)(H,94,102)(H,95,103)(H,96,104). The maximum atomic E-state index is 14.8. The summed E-state index contributed by atoms with van der Waals surface area (Å²) in [5.41, 5.74) is 4.90. The first-order valence-corrected chi connectivity index (χ1v) is 38.3. The number of benzene rings is 8. The highest BCUT2D eigenvalue weighted by atomic mass is 16.5. The van der Waals surface area contributed by atoms with E-state index in [-0.39, 0.29) is 146 Å². The molecule has 0 fully saturated rings. The predicted molar refractivity (Wildman–Crippen MR) is 418 cm³/mol. The first kappa shape index (κ1) is 80.4. The van der Waals surface area contributed by atoms with E-state index in [0.29, 0.717) is 92.4 Å². The molecule has 0 radical (unpaired) electrons. The Hall–Kier alpha value is -12.6. The van der Waals surface area contributed by atoms with Crippen molar-refractivity contribution in [3.05, 3.63) is 257 Å². The number of hydrogen-bond donors (Lipinski definition) is 8. The molecule has 0 aromatic heterocycles. The minimum Gasteiger partial charge on any atom is -0.462 e. The SMILES string of the molecule is CCCCCOC(=O)c1cc2cc(c1)C(=O)NCc1cc3cc(c1)-c1cc4cc(c1)CNC(=O)c1cc(cc(C(=O)OCCCCC)c1)C(=O)NCc1cc(cc(c1)-c1cc(cc(c1)CNC(=O)c1cc(cc(C(=O)OCCCCC)c1)C(=O)NC3)CNC2=O)CNC(=O)c1cc(cc(C(=O)OCCCCC)c1)C(=O)NC4. The average Bonchev–Trinajstić information content (AvgIpc) is 0.874. The molecule has 8 N–H and O–H groups in total. The molecule has 0 atom stereocenters. The van der Waals surface area contributed by atoms with E-state index >= 15 is 0 Å². The molecule has 3 aliphatic rings. The number of nitrogens with one attached hydrogen (secondary N) is 8. The first-order chi connectivity index (χ1) is 54.2. The van der Waals surface area contributed by atoms with Crippen LogP contribution in [0.15, 0.2) is 146 Å². The van der Waals surface area contributed by atoms with Gasteiger partial charge in [0, 0.05) is 96.9 Å². The highest BCUT2D eigenvalue weighted by molar-refractivity contribution is 6.07. The van der Waals surface area contributed by atoms with Crippen molar-refractivity contribution in [1.82, 2.24) is 42.5 Å². The number of fused-ring (bicyclic) bond motifs is 22. The van der Waals surface area contributed by atoms with Crippen molar-refractivity contribution >= 4 is 71.1 Å².